The normalized spacial score (nSPS) is 56.7. The summed E-state index contributed by atoms with van der Waals surface area (Å²) < 4.78 is 23.3. The fourth-order valence-corrected chi connectivity index (χ4v) is 13.9. The molecule has 0 radical (unpaired) electrons. The van der Waals surface area contributed by atoms with Crippen LogP contribution in [-0.4, -0.2) is 127 Å². The fourth-order valence-electron chi connectivity index (χ4n) is 13.9. The Hall–Kier alpha value is -1.23. The lowest BCUT2D eigenvalue weighted by Gasteiger charge is -2.72. The quantitative estimate of drug-likeness (QED) is 0.138. The smallest absolute Gasteiger partial charge is 0.309 e. The minimum absolute atomic E-state index is 0.0411. The number of fused-ring (bicyclic) bond motifs is 7. The molecular formula is C40H64O13. The minimum Gasteiger partial charge on any atom is -0.481 e. The topological polar surface area (TPSA) is 216 Å². The highest BCUT2D eigenvalue weighted by molar-refractivity contribution is 5.76. The van der Waals surface area contributed by atoms with Crippen LogP contribution in [0, 0.1) is 51.2 Å². The first-order valence-corrected chi connectivity index (χ1v) is 20.0. The molecule has 7 rings (SSSR count). The Labute approximate surface area is 312 Å². The van der Waals surface area contributed by atoms with Gasteiger partial charge in [-0.2, -0.15) is 0 Å². The van der Waals surface area contributed by atoms with E-state index >= 15 is 0 Å². The van der Waals surface area contributed by atoms with Gasteiger partial charge in [-0.05, 0) is 124 Å². The molecule has 13 nitrogen and oxygen atoms in total. The largest absolute Gasteiger partial charge is 0.481 e. The summed E-state index contributed by atoms with van der Waals surface area (Å²) in [6.45, 7) is 14.6. The predicted molar refractivity (Wildman–Crippen MR) is 189 cm³/mol. The number of ether oxygens (including phenoxy) is 4. The van der Waals surface area contributed by atoms with E-state index in [4.69, 9.17) is 18.9 Å². The third-order valence-corrected chi connectivity index (χ3v) is 17.0. The van der Waals surface area contributed by atoms with Gasteiger partial charge in [-0.25, -0.2) is 0 Å². The van der Waals surface area contributed by atoms with Crippen molar-refractivity contribution in [2.45, 2.75) is 166 Å². The van der Waals surface area contributed by atoms with E-state index in [-0.39, 0.29) is 40.6 Å². The highest BCUT2D eigenvalue weighted by Crippen LogP contribution is 2.77. The third kappa shape index (κ3) is 5.76. The summed E-state index contributed by atoms with van der Waals surface area (Å²) in [6.07, 6.45) is -5.72. The van der Waals surface area contributed by atoms with Crippen LogP contribution in [0.1, 0.15) is 98.8 Å². The maximum Gasteiger partial charge on any atom is 0.309 e. The number of aliphatic hydroxyl groups is 7. The van der Waals surface area contributed by atoms with E-state index in [1.807, 2.05) is 6.92 Å². The first kappa shape index (κ1) is 40.0. The van der Waals surface area contributed by atoms with Gasteiger partial charge in [0.2, 0.25) is 0 Å². The molecule has 5 aliphatic carbocycles. The van der Waals surface area contributed by atoms with Crippen molar-refractivity contribution >= 4 is 5.97 Å². The van der Waals surface area contributed by atoms with E-state index in [9.17, 15) is 45.6 Å². The molecule has 53 heavy (non-hydrogen) atoms. The van der Waals surface area contributed by atoms with Gasteiger partial charge in [-0.1, -0.05) is 32.9 Å². The summed E-state index contributed by atoms with van der Waals surface area (Å²) in [5, 5.41) is 85.4. The van der Waals surface area contributed by atoms with Crippen molar-refractivity contribution in [2.24, 2.45) is 51.2 Å². The summed E-state index contributed by atoms with van der Waals surface area (Å²) in [7, 11) is 0. The molecule has 7 fully saturated rings. The summed E-state index contributed by atoms with van der Waals surface area (Å²) >= 11 is 0. The molecule has 0 amide bonds. The molecule has 0 unspecified atom stereocenters. The Kier molecular flexibility index (Phi) is 10.3. The van der Waals surface area contributed by atoms with Crippen molar-refractivity contribution in [1.82, 2.24) is 0 Å². The van der Waals surface area contributed by atoms with Gasteiger partial charge in [-0.3, -0.25) is 4.79 Å². The lowest BCUT2D eigenvalue weighted by atomic mass is 9.33. The van der Waals surface area contributed by atoms with Gasteiger partial charge in [0.25, 0.3) is 0 Å². The zero-order valence-electron chi connectivity index (χ0n) is 32.0. The average Bonchev–Trinajstić information content (AvgIpc) is 3.51. The number of aliphatic hydroxyl groups excluding tert-OH is 6. The second-order valence-corrected chi connectivity index (χ2v) is 19.1. The molecule has 0 aromatic rings. The number of aliphatic carboxylic acids is 1. The SMILES string of the molecule is C=C(C)[C@@H]1CC[C@]2(C(=O)O)CC[C@]3(C)[C@H](CC[C@@H]4[C@@]5(C)CC[C@H](O[C@@H]6OC[C@H](O[C@@H]7O[C@H](CO)[C@@H](O)[C@H](O)[C@H]7O)[C@@H](O)[C@@H]6O)[C@@](C)(O)[C@@H]5CC[C@]43C)[C@@H]12. The summed E-state index contributed by atoms with van der Waals surface area (Å²) in [5.41, 5.74) is -1.13. The zero-order valence-corrected chi connectivity index (χ0v) is 32.0. The number of hydrogen-bond donors (Lipinski definition) is 8. The van der Waals surface area contributed by atoms with E-state index in [0.29, 0.717) is 24.7 Å². The Bertz CT molecular complexity index is 1410. The molecule has 2 saturated heterocycles. The third-order valence-electron chi connectivity index (χ3n) is 17.0. The van der Waals surface area contributed by atoms with Gasteiger partial charge in [0.15, 0.2) is 12.6 Å². The zero-order chi connectivity index (χ0) is 38.6. The van der Waals surface area contributed by atoms with Gasteiger partial charge in [0.05, 0.1) is 30.3 Å². The van der Waals surface area contributed by atoms with Crippen LogP contribution >= 0.6 is 0 Å². The number of carboxylic acids is 1. The monoisotopic (exact) mass is 752 g/mol. The number of hydrogen-bond acceptors (Lipinski definition) is 12. The van der Waals surface area contributed by atoms with Crippen LogP contribution in [-0.2, 0) is 23.7 Å². The van der Waals surface area contributed by atoms with E-state index < -0.39 is 85.0 Å². The first-order valence-electron chi connectivity index (χ1n) is 20.0. The van der Waals surface area contributed by atoms with Crippen molar-refractivity contribution < 1.29 is 64.6 Å². The Morgan fingerprint density at radius 3 is 2.13 bits per heavy atom. The van der Waals surface area contributed by atoms with Crippen molar-refractivity contribution in [3.8, 4) is 0 Å². The Morgan fingerprint density at radius 1 is 0.774 bits per heavy atom. The van der Waals surface area contributed by atoms with Gasteiger partial charge >= 0.3 is 5.97 Å². The van der Waals surface area contributed by atoms with E-state index in [1.165, 1.54) is 0 Å². The molecule has 302 valence electrons. The lowest BCUT2D eigenvalue weighted by molar-refractivity contribution is -0.355. The summed E-state index contributed by atoms with van der Waals surface area (Å²) in [4.78, 5) is 13.0. The molecule has 7 aliphatic rings. The van der Waals surface area contributed by atoms with Crippen molar-refractivity contribution in [3.63, 3.8) is 0 Å². The molecule has 2 heterocycles. The second-order valence-electron chi connectivity index (χ2n) is 19.1. The van der Waals surface area contributed by atoms with Gasteiger partial charge < -0.3 is 59.8 Å². The van der Waals surface area contributed by atoms with Crippen molar-refractivity contribution in [1.29, 1.82) is 0 Å². The second kappa shape index (κ2) is 13.7. The van der Waals surface area contributed by atoms with Crippen molar-refractivity contribution in [2.75, 3.05) is 13.2 Å². The van der Waals surface area contributed by atoms with Crippen LogP contribution in [0.2, 0.25) is 0 Å². The molecule has 0 aromatic heterocycles. The molecule has 0 bridgehead atoms. The molecule has 8 N–H and O–H groups in total. The number of carbonyl (C=O) groups is 1. The van der Waals surface area contributed by atoms with Crippen molar-refractivity contribution in [3.05, 3.63) is 12.2 Å². The first-order chi connectivity index (χ1) is 24.8. The van der Waals surface area contributed by atoms with Crippen LogP contribution in [0.15, 0.2) is 12.2 Å². The number of carboxylic acid groups (broad SMARTS) is 1. The van der Waals surface area contributed by atoms with Crippen LogP contribution in [0.25, 0.3) is 0 Å². The Morgan fingerprint density at radius 2 is 1.47 bits per heavy atom. The highest BCUT2D eigenvalue weighted by Gasteiger charge is 2.72. The Balaban J connectivity index is 1.05. The van der Waals surface area contributed by atoms with E-state index in [1.54, 1.807) is 0 Å². The molecule has 0 aromatic carbocycles. The number of rotatable bonds is 7. The summed E-state index contributed by atoms with van der Waals surface area (Å²) in [5.74, 6) is 0.192. The van der Waals surface area contributed by atoms with Gasteiger partial charge in [0, 0.05) is 0 Å². The van der Waals surface area contributed by atoms with E-state index in [2.05, 4.69) is 34.3 Å². The standard InChI is InChI=1S/C40H64O13/c1-19(2)20-9-14-40(35(47)48)16-15-37(4)21(27(20)40)7-8-24-36(3)12-11-26(39(6,49)25(36)10-13-38(24,37)5)53-33-31(45)29(43)23(18-50-33)52-34-32(46)30(44)28(42)22(17-41)51-34/h20-34,41-46,49H,1,7-18H2,2-6H3,(H,47,48)/t20-,21+,22+,23-,24+,25+,26-,27+,28+,29+,30-,31-,32+,33-,34-,36+,37+,38+,39-,40-/m0/s1. The van der Waals surface area contributed by atoms with Crippen LogP contribution in [0.4, 0.5) is 0 Å². The predicted octanol–water partition coefficient (Wildman–Crippen LogP) is 2.10. The molecule has 2 aliphatic heterocycles. The van der Waals surface area contributed by atoms with Crippen LogP contribution in [0.3, 0.4) is 0 Å². The molecule has 0 spiro atoms. The van der Waals surface area contributed by atoms with Gasteiger partial charge in [-0.15, -0.1) is 0 Å². The van der Waals surface area contributed by atoms with Gasteiger partial charge in [0.1, 0.15) is 42.7 Å². The average molecular weight is 753 g/mol. The maximum absolute atomic E-state index is 13.0. The summed E-state index contributed by atoms with van der Waals surface area (Å²) in [6, 6.07) is 0. The van der Waals surface area contributed by atoms with Crippen LogP contribution < -0.4 is 0 Å². The minimum atomic E-state index is -1.68. The number of allylic oxidation sites excluding steroid dienone is 1. The molecule has 5 saturated carbocycles. The molecular weight excluding hydrogens is 688 g/mol. The van der Waals surface area contributed by atoms with Crippen LogP contribution in [0.5, 0.6) is 0 Å². The molecule has 20 atom stereocenters. The van der Waals surface area contributed by atoms with E-state index in [0.717, 1.165) is 56.9 Å². The molecule has 13 heteroatoms. The maximum atomic E-state index is 13.0. The fraction of sp³-hybridized carbons (Fsp3) is 0.925. The lowest BCUT2D eigenvalue weighted by Crippen LogP contribution is -2.69. The highest BCUT2D eigenvalue weighted by atomic mass is 16.7.